The molecule has 0 saturated carbocycles. The zero-order valence-electron chi connectivity index (χ0n) is 15.3. The van der Waals surface area contributed by atoms with Crippen molar-refractivity contribution >= 4 is 38.6 Å². The predicted molar refractivity (Wildman–Crippen MR) is 106 cm³/mol. The molecule has 7 heteroatoms. The van der Waals surface area contributed by atoms with Gasteiger partial charge in [0, 0.05) is 5.56 Å². The second-order valence-corrected chi connectivity index (χ2v) is 7.04. The molecule has 0 aliphatic heterocycles. The SMILES string of the molecule is CC[C@H](C)Oc1ccc(C(=O)Nc2nc3ccc(C(=O)OC)cc3s2)cc1. The summed E-state index contributed by atoms with van der Waals surface area (Å²) in [5, 5.41) is 3.26. The van der Waals surface area contributed by atoms with Gasteiger partial charge in [-0.25, -0.2) is 9.78 Å². The number of hydrogen-bond acceptors (Lipinski definition) is 6. The molecule has 1 amide bonds. The van der Waals surface area contributed by atoms with Crippen molar-refractivity contribution in [3.8, 4) is 5.75 Å². The van der Waals surface area contributed by atoms with Crippen LogP contribution in [-0.2, 0) is 4.74 Å². The fraction of sp³-hybridized carbons (Fsp3) is 0.250. The highest BCUT2D eigenvalue weighted by atomic mass is 32.1. The third-order valence-electron chi connectivity index (χ3n) is 4.06. The lowest BCUT2D eigenvalue weighted by atomic mass is 10.2. The molecular formula is C20H20N2O4S. The number of anilines is 1. The number of methoxy groups -OCH3 is 1. The molecule has 0 spiro atoms. The maximum atomic E-state index is 12.4. The number of carbonyl (C=O) groups is 2. The highest BCUT2D eigenvalue weighted by Gasteiger charge is 2.13. The normalized spacial score (nSPS) is 11.8. The quantitative estimate of drug-likeness (QED) is 0.633. The number of nitrogens with zero attached hydrogens (tertiary/aromatic N) is 1. The highest BCUT2D eigenvalue weighted by Crippen LogP contribution is 2.27. The number of esters is 1. The zero-order valence-corrected chi connectivity index (χ0v) is 16.1. The minimum Gasteiger partial charge on any atom is -0.491 e. The lowest BCUT2D eigenvalue weighted by molar-refractivity contribution is 0.0601. The van der Waals surface area contributed by atoms with Crippen LogP contribution in [0, 0.1) is 0 Å². The number of nitrogens with one attached hydrogen (secondary N) is 1. The van der Waals surface area contributed by atoms with E-state index in [0.29, 0.717) is 21.8 Å². The van der Waals surface area contributed by atoms with Crippen LogP contribution >= 0.6 is 11.3 Å². The van der Waals surface area contributed by atoms with Gasteiger partial charge in [-0.15, -0.1) is 0 Å². The Morgan fingerprint density at radius 3 is 2.52 bits per heavy atom. The van der Waals surface area contributed by atoms with Gasteiger partial charge < -0.3 is 9.47 Å². The Morgan fingerprint density at radius 1 is 1.15 bits per heavy atom. The molecule has 0 saturated heterocycles. The molecule has 0 radical (unpaired) electrons. The highest BCUT2D eigenvalue weighted by molar-refractivity contribution is 7.22. The molecule has 0 fully saturated rings. The van der Waals surface area contributed by atoms with Crippen LogP contribution < -0.4 is 10.1 Å². The Kier molecular flexibility index (Phi) is 5.71. The van der Waals surface area contributed by atoms with Crippen LogP contribution in [0.4, 0.5) is 5.13 Å². The fourth-order valence-corrected chi connectivity index (χ4v) is 3.29. The van der Waals surface area contributed by atoms with E-state index in [9.17, 15) is 9.59 Å². The van der Waals surface area contributed by atoms with Crippen molar-refractivity contribution in [3.05, 3.63) is 53.6 Å². The lowest BCUT2D eigenvalue weighted by Gasteiger charge is -2.12. The van der Waals surface area contributed by atoms with Crippen molar-refractivity contribution in [1.82, 2.24) is 4.98 Å². The number of aromatic nitrogens is 1. The van der Waals surface area contributed by atoms with Crippen LogP contribution in [0.5, 0.6) is 5.75 Å². The lowest BCUT2D eigenvalue weighted by Crippen LogP contribution is -2.12. The van der Waals surface area contributed by atoms with Gasteiger partial charge >= 0.3 is 5.97 Å². The number of ether oxygens (including phenoxy) is 2. The van der Waals surface area contributed by atoms with E-state index in [0.717, 1.165) is 16.9 Å². The molecule has 1 heterocycles. The second-order valence-electron chi connectivity index (χ2n) is 6.01. The monoisotopic (exact) mass is 384 g/mol. The summed E-state index contributed by atoms with van der Waals surface area (Å²) in [5.41, 5.74) is 1.67. The fourth-order valence-electron chi connectivity index (χ4n) is 2.39. The number of hydrogen-bond donors (Lipinski definition) is 1. The third kappa shape index (κ3) is 4.43. The van der Waals surface area contributed by atoms with Gasteiger partial charge in [0.1, 0.15) is 5.75 Å². The van der Waals surface area contributed by atoms with Gasteiger partial charge in [0.2, 0.25) is 0 Å². The number of carbonyl (C=O) groups excluding carboxylic acids is 2. The van der Waals surface area contributed by atoms with Crippen LogP contribution in [0.1, 0.15) is 41.0 Å². The van der Waals surface area contributed by atoms with E-state index < -0.39 is 5.97 Å². The first-order valence-electron chi connectivity index (χ1n) is 8.57. The number of amides is 1. The minimum atomic E-state index is -0.407. The average Bonchev–Trinajstić information content (AvgIpc) is 3.09. The van der Waals surface area contributed by atoms with Gasteiger partial charge in [0.15, 0.2) is 5.13 Å². The molecule has 6 nitrogen and oxygen atoms in total. The Hall–Kier alpha value is -2.93. The Morgan fingerprint density at radius 2 is 1.85 bits per heavy atom. The molecule has 1 aromatic heterocycles. The number of benzene rings is 2. The molecule has 27 heavy (non-hydrogen) atoms. The molecule has 0 unspecified atom stereocenters. The van der Waals surface area contributed by atoms with E-state index in [4.69, 9.17) is 9.47 Å². The van der Waals surface area contributed by atoms with Crippen molar-refractivity contribution in [3.63, 3.8) is 0 Å². The van der Waals surface area contributed by atoms with Gasteiger partial charge in [0.25, 0.3) is 5.91 Å². The molecule has 140 valence electrons. The van der Waals surface area contributed by atoms with Crippen molar-refractivity contribution in [1.29, 1.82) is 0 Å². The van der Waals surface area contributed by atoms with Gasteiger partial charge in [-0.05, 0) is 55.8 Å². The van der Waals surface area contributed by atoms with E-state index in [-0.39, 0.29) is 12.0 Å². The Labute approximate surface area is 161 Å². The van der Waals surface area contributed by atoms with Gasteiger partial charge in [-0.3, -0.25) is 10.1 Å². The summed E-state index contributed by atoms with van der Waals surface area (Å²) in [6.07, 6.45) is 1.04. The summed E-state index contributed by atoms with van der Waals surface area (Å²) < 4.78 is 11.2. The maximum absolute atomic E-state index is 12.4. The summed E-state index contributed by atoms with van der Waals surface area (Å²) in [6.45, 7) is 4.05. The first-order valence-corrected chi connectivity index (χ1v) is 9.38. The van der Waals surface area contributed by atoms with Crippen LogP contribution in [0.2, 0.25) is 0 Å². The summed E-state index contributed by atoms with van der Waals surface area (Å²) in [7, 11) is 1.34. The number of thiazole rings is 1. The number of fused-ring (bicyclic) bond motifs is 1. The van der Waals surface area contributed by atoms with E-state index >= 15 is 0 Å². The zero-order chi connectivity index (χ0) is 19.4. The summed E-state index contributed by atoms with van der Waals surface area (Å²) >= 11 is 1.30. The summed E-state index contributed by atoms with van der Waals surface area (Å²) in [5.74, 6) is 0.0733. The van der Waals surface area contributed by atoms with Gasteiger partial charge in [-0.1, -0.05) is 18.3 Å². The molecule has 3 rings (SSSR count). The first kappa shape index (κ1) is 18.8. The van der Waals surface area contributed by atoms with Crippen molar-refractivity contribution in [2.24, 2.45) is 0 Å². The standard InChI is InChI=1S/C20H20N2O4S/c1-4-12(2)26-15-8-5-13(6-9-15)18(23)22-20-21-16-10-7-14(19(24)25-3)11-17(16)27-20/h5-12H,4H2,1-3H3,(H,21,22,23)/t12-/m0/s1. The molecule has 0 aliphatic rings. The molecule has 2 aromatic carbocycles. The minimum absolute atomic E-state index is 0.127. The molecule has 1 atom stereocenters. The molecule has 1 N–H and O–H groups in total. The van der Waals surface area contributed by atoms with Crippen LogP contribution in [-0.4, -0.2) is 30.1 Å². The van der Waals surface area contributed by atoms with Crippen LogP contribution in [0.25, 0.3) is 10.2 Å². The first-order chi connectivity index (χ1) is 13.0. The van der Waals surface area contributed by atoms with Crippen molar-refractivity contribution in [2.45, 2.75) is 26.4 Å². The predicted octanol–water partition coefficient (Wildman–Crippen LogP) is 4.51. The Balaban J connectivity index is 1.72. The molecule has 0 aliphatic carbocycles. The number of rotatable bonds is 6. The topological polar surface area (TPSA) is 77.5 Å². The molecular weight excluding hydrogens is 364 g/mol. The van der Waals surface area contributed by atoms with Crippen molar-refractivity contribution in [2.75, 3.05) is 12.4 Å². The summed E-state index contributed by atoms with van der Waals surface area (Å²) in [4.78, 5) is 28.4. The van der Waals surface area contributed by atoms with Gasteiger partial charge in [-0.2, -0.15) is 0 Å². The van der Waals surface area contributed by atoms with Gasteiger partial charge in [0.05, 0.1) is 29.0 Å². The Bertz CT molecular complexity index is 966. The van der Waals surface area contributed by atoms with Crippen LogP contribution in [0.15, 0.2) is 42.5 Å². The van der Waals surface area contributed by atoms with E-state index in [1.54, 1.807) is 42.5 Å². The second kappa shape index (κ2) is 8.18. The third-order valence-corrected chi connectivity index (χ3v) is 4.99. The molecule has 3 aromatic rings. The van der Waals surface area contributed by atoms with E-state index in [1.807, 2.05) is 6.92 Å². The van der Waals surface area contributed by atoms with E-state index in [2.05, 4.69) is 17.2 Å². The molecule has 0 bridgehead atoms. The summed E-state index contributed by atoms with van der Waals surface area (Å²) in [6, 6.07) is 12.1. The average molecular weight is 384 g/mol. The van der Waals surface area contributed by atoms with E-state index in [1.165, 1.54) is 18.4 Å². The maximum Gasteiger partial charge on any atom is 0.337 e. The van der Waals surface area contributed by atoms with Crippen molar-refractivity contribution < 1.29 is 19.1 Å². The smallest absolute Gasteiger partial charge is 0.337 e. The largest absolute Gasteiger partial charge is 0.491 e. The van der Waals surface area contributed by atoms with Crippen LogP contribution in [0.3, 0.4) is 0 Å².